The summed E-state index contributed by atoms with van der Waals surface area (Å²) >= 11 is 5.86. The minimum atomic E-state index is -1.16. The lowest BCUT2D eigenvalue weighted by molar-refractivity contribution is 0.00578. The zero-order chi connectivity index (χ0) is 15.1. The molecule has 6 heteroatoms. The molecule has 0 N–H and O–H groups in total. The largest absolute Gasteiger partial charge is 0.525 e. The average Bonchev–Trinajstić information content (AvgIpc) is 2.53. The molecule has 1 heterocycles. The normalized spacial score (nSPS) is 21.4. The monoisotopic (exact) mass is 300 g/mol. The van der Waals surface area contributed by atoms with Crippen LogP contribution in [-0.4, -0.2) is 18.3 Å². The third-order valence-electron chi connectivity index (χ3n) is 3.76. The second-order valence-corrected chi connectivity index (χ2v) is 6.16. The molecule has 0 saturated carbocycles. The molecule has 1 saturated heterocycles. The topological polar surface area (TPSA) is 18.5 Å². The van der Waals surface area contributed by atoms with E-state index in [9.17, 15) is 8.78 Å². The number of rotatable bonds is 2. The maximum absolute atomic E-state index is 14.2. The van der Waals surface area contributed by atoms with Gasteiger partial charge in [0, 0.05) is 5.56 Å². The van der Waals surface area contributed by atoms with E-state index in [-0.39, 0.29) is 10.6 Å². The maximum Gasteiger partial charge on any atom is 0.525 e. The predicted octanol–water partition coefficient (Wildman–Crippen LogP) is 4.42. The standard InChI is InChI=1S/C14H16BClF2O2/c1-13(2)14(3,4)20-15(19-13)12(18)8-9-10(16)6-5-7-11(9)17/h5-8H,1-4H3. The van der Waals surface area contributed by atoms with Crippen LogP contribution >= 0.6 is 11.6 Å². The Morgan fingerprint density at radius 1 is 1.20 bits per heavy atom. The van der Waals surface area contributed by atoms with Crippen molar-refractivity contribution >= 4 is 24.8 Å². The third kappa shape index (κ3) is 2.75. The van der Waals surface area contributed by atoms with Gasteiger partial charge in [-0.05, 0) is 45.9 Å². The molecule has 0 aliphatic carbocycles. The van der Waals surface area contributed by atoms with Gasteiger partial charge in [0.1, 0.15) is 11.5 Å². The quantitative estimate of drug-likeness (QED) is 0.753. The number of hydrogen-bond donors (Lipinski definition) is 0. The Balaban J connectivity index is 2.29. The fraction of sp³-hybridized carbons (Fsp3) is 0.429. The summed E-state index contributed by atoms with van der Waals surface area (Å²) < 4.78 is 38.9. The molecular formula is C14H16BClF2O2. The van der Waals surface area contributed by atoms with E-state index in [0.29, 0.717) is 0 Å². The highest BCUT2D eigenvalue weighted by molar-refractivity contribution is 6.54. The van der Waals surface area contributed by atoms with Crippen LogP contribution in [0.1, 0.15) is 33.3 Å². The second-order valence-electron chi connectivity index (χ2n) is 5.75. The van der Waals surface area contributed by atoms with Crippen molar-refractivity contribution in [3.8, 4) is 0 Å². The van der Waals surface area contributed by atoms with Crippen molar-refractivity contribution in [3.05, 3.63) is 40.3 Å². The molecule has 1 fully saturated rings. The molecule has 20 heavy (non-hydrogen) atoms. The molecule has 2 nitrogen and oxygen atoms in total. The van der Waals surface area contributed by atoms with Crippen LogP contribution < -0.4 is 0 Å². The maximum atomic E-state index is 14.2. The third-order valence-corrected chi connectivity index (χ3v) is 4.09. The van der Waals surface area contributed by atoms with Crippen LogP contribution in [0.4, 0.5) is 8.78 Å². The molecule has 1 aromatic carbocycles. The lowest BCUT2D eigenvalue weighted by Crippen LogP contribution is -2.41. The molecule has 0 radical (unpaired) electrons. The fourth-order valence-corrected chi connectivity index (χ4v) is 2.03. The van der Waals surface area contributed by atoms with E-state index in [0.717, 1.165) is 6.08 Å². The van der Waals surface area contributed by atoms with Gasteiger partial charge in [-0.2, -0.15) is 0 Å². The van der Waals surface area contributed by atoms with Crippen LogP contribution in [0.3, 0.4) is 0 Å². The van der Waals surface area contributed by atoms with Gasteiger partial charge in [0.2, 0.25) is 0 Å². The van der Waals surface area contributed by atoms with Gasteiger partial charge in [0.05, 0.1) is 16.2 Å². The Hall–Kier alpha value is -0.905. The van der Waals surface area contributed by atoms with Crippen molar-refractivity contribution in [1.82, 2.24) is 0 Å². The minimum absolute atomic E-state index is 0.0126. The number of halogens is 3. The molecule has 0 bridgehead atoms. The Morgan fingerprint density at radius 2 is 1.75 bits per heavy atom. The minimum Gasteiger partial charge on any atom is -0.398 e. The fourth-order valence-electron chi connectivity index (χ4n) is 1.81. The first-order chi connectivity index (χ1) is 9.14. The van der Waals surface area contributed by atoms with E-state index in [1.54, 1.807) is 0 Å². The van der Waals surface area contributed by atoms with E-state index >= 15 is 0 Å². The first-order valence-corrected chi connectivity index (χ1v) is 6.68. The summed E-state index contributed by atoms with van der Waals surface area (Å²) in [5.74, 6) is -0.593. The summed E-state index contributed by atoms with van der Waals surface area (Å²) in [6.45, 7) is 7.26. The zero-order valence-electron chi connectivity index (χ0n) is 11.8. The van der Waals surface area contributed by atoms with E-state index in [4.69, 9.17) is 20.9 Å². The van der Waals surface area contributed by atoms with Crippen LogP contribution in [0.2, 0.25) is 5.02 Å². The predicted molar refractivity (Wildman–Crippen MR) is 76.6 cm³/mol. The summed E-state index contributed by atoms with van der Waals surface area (Å²) in [5.41, 5.74) is -2.03. The van der Waals surface area contributed by atoms with Crippen LogP contribution in [0.5, 0.6) is 0 Å². The van der Waals surface area contributed by atoms with Crippen LogP contribution in [0, 0.1) is 5.82 Å². The first kappa shape index (κ1) is 15.5. The lowest BCUT2D eigenvalue weighted by Gasteiger charge is -2.32. The van der Waals surface area contributed by atoms with Crippen molar-refractivity contribution in [2.45, 2.75) is 38.9 Å². The van der Waals surface area contributed by atoms with E-state index < -0.39 is 29.9 Å². The Labute approximate surface area is 122 Å². The van der Waals surface area contributed by atoms with E-state index in [1.807, 2.05) is 27.7 Å². The molecule has 108 valence electrons. The summed E-state index contributed by atoms with van der Waals surface area (Å²) in [7, 11) is -1.16. The van der Waals surface area contributed by atoms with Crippen molar-refractivity contribution in [2.75, 3.05) is 0 Å². The van der Waals surface area contributed by atoms with E-state index in [2.05, 4.69) is 0 Å². The lowest BCUT2D eigenvalue weighted by atomic mass is 9.87. The Bertz CT molecular complexity index is 522. The number of hydrogen-bond acceptors (Lipinski definition) is 2. The van der Waals surface area contributed by atoms with Gasteiger partial charge in [-0.15, -0.1) is 0 Å². The van der Waals surface area contributed by atoms with Gasteiger partial charge in [0.15, 0.2) is 0 Å². The van der Waals surface area contributed by atoms with Crippen molar-refractivity contribution in [3.63, 3.8) is 0 Å². The molecule has 1 aliphatic heterocycles. The van der Waals surface area contributed by atoms with E-state index in [1.165, 1.54) is 18.2 Å². The molecular weight excluding hydrogens is 284 g/mol. The van der Waals surface area contributed by atoms with Gasteiger partial charge < -0.3 is 9.31 Å². The smallest absolute Gasteiger partial charge is 0.398 e. The molecule has 0 spiro atoms. The SMILES string of the molecule is CC1(C)OB(C(F)=Cc2c(F)cccc2Cl)OC1(C)C. The first-order valence-electron chi connectivity index (χ1n) is 6.31. The van der Waals surface area contributed by atoms with Gasteiger partial charge in [-0.3, -0.25) is 0 Å². The molecule has 1 aliphatic rings. The highest BCUT2D eigenvalue weighted by Gasteiger charge is 2.53. The second kappa shape index (κ2) is 5.13. The van der Waals surface area contributed by atoms with Crippen molar-refractivity contribution in [2.24, 2.45) is 0 Å². The highest BCUT2D eigenvalue weighted by Crippen LogP contribution is 2.39. The molecule has 0 unspecified atom stereocenters. The zero-order valence-corrected chi connectivity index (χ0v) is 12.6. The molecule has 1 aromatic rings. The highest BCUT2D eigenvalue weighted by atomic mass is 35.5. The van der Waals surface area contributed by atoms with Gasteiger partial charge in [-0.25, -0.2) is 8.78 Å². The van der Waals surface area contributed by atoms with Gasteiger partial charge in [-0.1, -0.05) is 17.7 Å². The average molecular weight is 301 g/mol. The van der Waals surface area contributed by atoms with Crippen LogP contribution in [0.15, 0.2) is 23.9 Å². The molecule has 0 amide bonds. The summed E-state index contributed by atoms with van der Waals surface area (Å²) in [5, 5.41) is 0.136. The van der Waals surface area contributed by atoms with Crippen LogP contribution in [0.25, 0.3) is 6.08 Å². The Kier molecular flexibility index (Phi) is 3.97. The van der Waals surface area contributed by atoms with Gasteiger partial charge in [0.25, 0.3) is 0 Å². The van der Waals surface area contributed by atoms with Crippen molar-refractivity contribution < 1.29 is 18.1 Å². The number of benzene rings is 1. The molecule has 2 rings (SSSR count). The van der Waals surface area contributed by atoms with Crippen molar-refractivity contribution in [1.29, 1.82) is 0 Å². The van der Waals surface area contributed by atoms with Gasteiger partial charge >= 0.3 is 7.12 Å². The molecule has 0 atom stereocenters. The van der Waals surface area contributed by atoms with Crippen LogP contribution in [-0.2, 0) is 9.31 Å². The summed E-state index contributed by atoms with van der Waals surface area (Å²) in [6, 6.07) is 4.17. The summed E-state index contributed by atoms with van der Waals surface area (Å²) in [6.07, 6.45) is 1.01. The summed E-state index contributed by atoms with van der Waals surface area (Å²) in [4.78, 5) is 0. The molecule has 0 aromatic heterocycles. The Morgan fingerprint density at radius 3 is 2.25 bits per heavy atom.